The van der Waals surface area contributed by atoms with Crippen LogP contribution in [-0.4, -0.2) is 12.6 Å². The molecule has 2 fully saturated rings. The van der Waals surface area contributed by atoms with E-state index in [-0.39, 0.29) is 0 Å². The molecule has 2 aliphatic rings. The number of rotatable bonds is 8. The number of nitrogens with one attached hydrogen (secondary N) is 1. The van der Waals surface area contributed by atoms with Gasteiger partial charge in [0.1, 0.15) is 0 Å². The molecule has 2 saturated carbocycles. The monoisotopic (exact) mass is 261 g/mol. The maximum atomic E-state index is 5.40. The van der Waals surface area contributed by atoms with E-state index in [0.29, 0.717) is 0 Å². The van der Waals surface area contributed by atoms with Crippen molar-refractivity contribution in [3.8, 4) is 12.3 Å². The first-order valence-electron chi connectivity index (χ1n) is 8.50. The molecule has 0 spiro atoms. The van der Waals surface area contributed by atoms with Gasteiger partial charge in [-0.1, -0.05) is 26.2 Å². The summed E-state index contributed by atoms with van der Waals surface area (Å²) in [5, 5.41) is 3.75. The lowest BCUT2D eigenvalue weighted by Gasteiger charge is -2.36. The van der Waals surface area contributed by atoms with E-state index in [1.165, 1.54) is 64.3 Å². The Labute approximate surface area is 119 Å². The van der Waals surface area contributed by atoms with Crippen LogP contribution in [-0.2, 0) is 0 Å². The fraction of sp³-hybridized carbons (Fsp3) is 0.889. The highest BCUT2D eigenvalue weighted by Crippen LogP contribution is 2.38. The van der Waals surface area contributed by atoms with Crippen molar-refractivity contribution in [2.75, 3.05) is 6.54 Å². The van der Waals surface area contributed by atoms with Crippen molar-refractivity contribution >= 4 is 0 Å². The molecule has 2 aliphatic carbocycles. The lowest BCUT2D eigenvalue weighted by Crippen LogP contribution is -2.34. The minimum absolute atomic E-state index is 0.861. The molecule has 1 heteroatoms. The van der Waals surface area contributed by atoms with Crippen molar-refractivity contribution in [2.45, 2.75) is 77.2 Å². The predicted octanol–water partition coefficient (Wildman–Crippen LogP) is 4.37. The van der Waals surface area contributed by atoms with Gasteiger partial charge in [0.05, 0.1) is 0 Å². The quantitative estimate of drug-likeness (QED) is 0.505. The van der Waals surface area contributed by atoms with Gasteiger partial charge < -0.3 is 5.32 Å². The second kappa shape index (κ2) is 7.95. The zero-order chi connectivity index (χ0) is 13.5. The number of hydrogen-bond acceptors (Lipinski definition) is 1. The van der Waals surface area contributed by atoms with E-state index in [9.17, 15) is 0 Å². The van der Waals surface area contributed by atoms with E-state index in [2.05, 4.69) is 18.2 Å². The summed E-state index contributed by atoms with van der Waals surface area (Å²) in [6.07, 6.45) is 19.0. The van der Waals surface area contributed by atoms with Crippen molar-refractivity contribution in [1.29, 1.82) is 0 Å². The molecule has 0 saturated heterocycles. The molecule has 3 atom stereocenters. The van der Waals surface area contributed by atoms with Gasteiger partial charge in [-0.05, 0) is 62.8 Å². The van der Waals surface area contributed by atoms with E-state index in [4.69, 9.17) is 6.42 Å². The first-order chi connectivity index (χ1) is 9.33. The van der Waals surface area contributed by atoms with Crippen LogP contribution in [0, 0.1) is 30.1 Å². The summed E-state index contributed by atoms with van der Waals surface area (Å²) in [7, 11) is 0. The second-order valence-corrected chi connectivity index (χ2v) is 6.77. The maximum Gasteiger partial charge on any atom is 0.00861 e. The lowest BCUT2D eigenvalue weighted by atomic mass is 9.71. The highest BCUT2D eigenvalue weighted by molar-refractivity contribution is 4.88. The fourth-order valence-corrected chi connectivity index (χ4v) is 3.79. The van der Waals surface area contributed by atoms with Gasteiger partial charge in [-0.15, -0.1) is 12.3 Å². The van der Waals surface area contributed by atoms with Crippen molar-refractivity contribution in [1.82, 2.24) is 5.32 Å². The summed E-state index contributed by atoms with van der Waals surface area (Å²) in [4.78, 5) is 0. The lowest BCUT2D eigenvalue weighted by molar-refractivity contribution is 0.157. The Morgan fingerprint density at radius 1 is 1.11 bits per heavy atom. The van der Waals surface area contributed by atoms with Gasteiger partial charge in [-0.25, -0.2) is 0 Å². The van der Waals surface area contributed by atoms with Gasteiger partial charge in [0.15, 0.2) is 0 Å². The van der Waals surface area contributed by atoms with Crippen molar-refractivity contribution in [2.24, 2.45) is 17.8 Å². The highest BCUT2D eigenvalue weighted by Gasteiger charge is 2.31. The molecule has 0 radical (unpaired) electrons. The van der Waals surface area contributed by atoms with Crippen LogP contribution in [0.5, 0.6) is 0 Å². The Hall–Kier alpha value is -0.480. The van der Waals surface area contributed by atoms with E-state index in [1.54, 1.807) is 0 Å². The van der Waals surface area contributed by atoms with Crippen molar-refractivity contribution in [3.63, 3.8) is 0 Å². The Morgan fingerprint density at radius 2 is 1.95 bits per heavy atom. The van der Waals surface area contributed by atoms with E-state index in [1.807, 2.05) is 0 Å². The average molecular weight is 261 g/mol. The number of terminal acetylenes is 1. The third kappa shape index (κ3) is 5.19. The summed E-state index contributed by atoms with van der Waals surface area (Å²) in [5.74, 6) is 5.66. The van der Waals surface area contributed by atoms with Gasteiger partial charge in [-0.2, -0.15) is 0 Å². The predicted molar refractivity (Wildman–Crippen MR) is 82.9 cm³/mol. The summed E-state index contributed by atoms with van der Waals surface area (Å²) in [6, 6.07) is 0.861. The van der Waals surface area contributed by atoms with Gasteiger partial charge in [0, 0.05) is 12.5 Å². The zero-order valence-electron chi connectivity index (χ0n) is 12.7. The van der Waals surface area contributed by atoms with E-state index < -0.39 is 0 Å². The van der Waals surface area contributed by atoms with Gasteiger partial charge >= 0.3 is 0 Å². The van der Waals surface area contributed by atoms with Crippen LogP contribution < -0.4 is 5.32 Å². The molecule has 2 rings (SSSR count). The SMILES string of the molecule is C#CCCCC1CC(CCC)CCC1CNC1CC1. The molecule has 0 bridgehead atoms. The first kappa shape index (κ1) is 14.9. The van der Waals surface area contributed by atoms with Crippen LogP contribution >= 0.6 is 0 Å². The van der Waals surface area contributed by atoms with Gasteiger partial charge in [-0.3, -0.25) is 0 Å². The van der Waals surface area contributed by atoms with Crippen LogP contribution in [0.2, 0.25) is 0 Å². The second-order valence-electron chi connectivity index (χ2n) is 6.77. The third-order valence-electron chi connectivity index (χ3n) is 5.09. The van der Waals surface area contributed by atoms with Gasteiger partial charge in [0.25, 0.3) is 0 Å². The third-order valence-corrected chi connectivity index (χ3v) is 5.09. The van der Waals surface area contributed by atoms with Crippen molar-refractivity contribution in [3.05, 3.63) is 0 Å². The largest absolute Gasteiger partial charge is 0.314 e. The molecule has 1 nitrogen and oxygen atoms in total. The number of unbranched alkanes of at least 4 members (excludes halogenated alkanes) is 1. The molecule has 0 heterocycles. The Morgan fingerprint density at radius 3 is 2.63 bits per heavy atom. The molecule has 3 unspecified atom stereocenters. The molecule has 108 valence electrons. The first-order valence-corrected chi connectivity index (χ1v) is 8.50. The summed E-state index contributed by atoms with van der Waals surface area (Å²) in [6.45, 7) is 3.60. The smallest absolute Gasteiger partial charge is 0.00861 e. The molecule has 0 amide bonds. The molecular weight excluding hydrogens is 230 g/mol. The normalized spacial score (nSPS) is 31.1. The molecule has 0 aromatic heterocycles. The Bertz CT molecular complexity index is 287. The Kier molecular flexibility index (Phi) is 6.24. The Balaban J connectivity index is 1.78. The van der Waals surface area contributed by atoms with Crippen LogP contribution in [0.4, 0.5) is 0 Å². The van der Waals surface area contributed by atoms with Crippen LogP contribution in [0.15, 0.2) is 0 Å². The average Bonchev–Trinajstić information content (AvgIpc) is 3.22. The minimum Gasteiger partial charge on any atom is -0.314 e. The minimum atomic E-state index is 0.861. The zero-order valence-corrected chi connectivity index (χ0v) is 12.7. The van der Waals surface area contributed by atoms with Crippen LogP contribution in [0.3, 0.4) is 0 Å². The maximum absolute atomic E-state index is 5.40. The highest BCUT2D eigenvalue weighted by atomic mass is 14.9. The van der Waals surface area contributed by atoms with E-state index >= 15 is 0 Å². The van der Waals surface area contributed by atoms with Crippen molar-refractivity contribution < 1.29 is 0 Å². The summed E-state index contributed by atoms with van der Waals surface area (Å²) < 4.78 is 0. The topological polar surface area (TPSA) is 12.0 Å². The molecule has 0 aromatic rings. The van der Waals surface area contributed by atoms with E-state index in [0.717, 1.165) is 30.2 Å². The standard InChI is InChI=1S/C18H31N/c1-3-5-6-8-16-13-15(7-4-2)9-10-17(16)14-19-18-11-12-18/h1,15-19H,4-14H2,2H3. The molecule has 0 aromatic carbocycles. The summed E-state index contributed by atoms with van der Waals surface area (Å²) >= 11 is 0. The molecule has 1 N–H and O–H groups in total. The van der Waals surface area contributed by atoms with Crippen LogP contribution in [0.25, 0.3) is 0 Å². The molecular formula is C18H31N. The van der Waals surface area contributed by atoms with Crippen LogP contribution in [0.1, 0.15) is 71.1 Å². The number of hydrogen-bond donors (Lipinski definition) is 1. The fourth-order valence-electron chi connectivity index (χ4n) is 3.79. The molecule has 19 heavy (non-hydrogen) atoms. The summed E-state index contributed by atoms with van der Waals surface area (Å²) in [5.41, 5.74) is 0. The van der Waals surface area contributed by atoms with Gasteiger partial charge in [0.2, 0.25) is 0 Å². The molecule has 0 aliphatic heterocycles.